The number of H-pyrrole nitrogens is 1. The lowest BCUT2D eigenvalue weighted by molar-refractivity contribution is 0.0938. The van der Waals surface area contributed by atoms with Crippen LogP contribution in [0.15, 0.2) is 24.4 Å². The van der Waals surface area contributed by atoms with Gasteiger partial charge in [-0.3, -0.25) is 9.89 Å². The van der Waals surface area contributed by atoms with Crippen molar-refractivity contribution in [3.05, 3.63) is 30.0 Å². The number of benzene rings is 1. The molecule has 5 heteroatoms. The lowest BCUT2D eigenvalue weighted by Crippen LogP contribution is -2.30. The summed E-state index contributed by atoms with van der Waals surface area (Å²) in [5.74, 6) is -0.0230. The molecule has 2 aromatic rings. The van der Waals surface area contributed by atoms with Crippen LogP contribution in [0.2, 0.25) is 0 Å². The van der Waals surface area contributed by atoms with Gasteiger partial charge in [0.2, 0.25) is 0 Å². The lowest BCUT2D eigenvalue weighted by atomic mass is 10.0. The number of aromatic amines is 1. The van der Waals surface area contributed by atoms with E-state index in [-0.39, 0.29) is 11.3 Å². The molecule has 0 bridgehead atoms. The molecule has 1 fully saturated rings. The highest BCUT2D eigenvalue weighted by Crippen LogP contribution is 2.48. The van der Waals surface area contributed by atoms with Gasteiger partial charge in [-0.2, -0.15) is 5.10 Å². The van der Waals surface area contributed by atoms with Gasteiger partial charge in [0.15, 0.2) is 0 Å². The molecule has 0 unspecified atom stereocenters. The maximum Gasteiger partial charge on any atom is 0.251 e. The Kier molecular flexibility index (Phi) is 3.44. The predicted molar refractivity (Wildman–Crippen MR) is 76.6 cm³/mol. The first-order chi connectivity index (χ1) is 9.72. The smallest absolute Gasteiger partial charge is 0.251 e. The summed E-state index contributed by atoms with van der Waals surface area (Å²) in [6.07, 6.45) is 5.12. The number of nitrogens with one attached hydrogen (secondary N) is 2. The van der Waals surface area contributed by atoms with E-state index in [9.17, 15) is 4.79 Å². The van der Waals surface area contributed by atoms with Crippen molar-refractivity contribution in [1.82, 2.24) is 15.5 Å². The third kappa shape index (κ3) is 2.67. The summed E-state index contributed by atoms with van der Waals surface area (Å²) >= 11 is 0. The van der Waals surface area contributed by atoms with Crippen LogP contribution in [-0.4, -0.2) is 36.4 Å². The number of hydrogen-bond acceptors (Lipinski definition) is 3. The van der Waals surface area contributed by atoms with Gasteiger partial charge in [0.05, 0.1) is 11.7 Å². The minimum Gasteiger partial charge on any atom is -0.385 e. The van der Waals surface area contributed by atoms with Crippen LogP contribution in [0.5, 0.6) is 0 Å². The standard InChI is InChI=1S/C15H19N3O2/c1-20-7-6-15(4-5-15)10-16-14(19)11-2-3-12-9-17-18-13(12)8-11/h2-3,8-9H,4-7,10H2,1H3,(H,16,19)(H,17,18). The number of aromatic nitrogens is 2. The Labute approximate surface area is 117 Å². The second-order valence-electron chi connectivity index (χ2n) is 5.60. The molecule has 0 saturated heterocycles. The number of fused-ring (bicyclic) bond motifs is 1. The zero-order valence-electron chi connectivity index (χ0n) is 11.6. The number of ether oxygens (including phenoxy) is 1. The Bertz CT molecular complexity index is 616. The first-order valence-electron chi connectivity index (χ1n) is 6.93. The van der Waals surface area contributed by atoms with Crippen molar-refractivity contribution in [2.45, 2.75) is 19.3 Å². The van der Waals surface area contributed by atoms with Gasteiger partial charge in [0, 0.05) is 31.2 Å². The van der Waals surface area contributed by atoms with Gasteiger partial charge in [0.25, 0.3) is 5.91 Å². The van der Waals surface area contributed by atoms with Crippen molar-refractivity contribution in [3.63, 3.8) is 0 Å². The predicted octanol–water partition coefficient (Wildman–Crippen LogP) is 2.11. The molecule has 1 aromatic heterocycles. The minimum atomic E-state index is -0.0230. The number of carbonyl (C=O) groups excluding carboxylic acids is 1. The summed E-state index contributed by atoms with van der Waals surface area (Å²) < 4.78 is 5.12. The van der Waals surface area contributed by atoms with E-state index in [1.807, 2.05) is 18.2 Å². The van der Waals surface area contributed by atoms with Crippen LogP contribution in [0.4, 0.5) is 0 Å². The Morgan fingerprint density at radius 3 is 3.10 bits per heavy atom. The quantitative estimate of drug-likeness (QED) is 0.847. The van der Waals surface area contributed by atoms with Crippen molar-refractivity contribution in [3.8, 4) is 0 Å². The van der Waals surface area contributed by atoms with E-state index >= 15 is 0 Å². The number of carbonyl (C=O) groups is 1. The second kappa shape index (κ2) is 5.25. The van der Waals surface area contributed by atoms with E-state index in [0.717, 1.165) is 30.5 Å². The maximum absolute atomic E-state index is 12.2. The monoisotopic (exact) mass is 273 g/mol. The molecule has 0 aliphatic heterocycles. The van der Waals surface area contributed by atoms with E-state index in [2.05, 4.69) is 15.5 Å². The van der Waals surface area contributed by atoms with E-state index in [1.54, 1.807) is 13.3 Å². The fourth-order valence-electron chi connectivity index (χ4n) is 2.46. The Morgan fingerprint density at radius 2 is 2.35 bits per heavy atom. The number of hydrogen-bond donors (Lipinski definition) is 2. The van der Waals surface area contributed by atoms with Gasteiger partial charge in [0.1, 0.15) is 0 Å². The molecule has 1 aliphatic rings. The zero-order chi connectivity index (χ0) is 14.0. The molecule has 1 amide bonds. The van der Waals surface area contributed by atoms with Crippen LogP contribution in [0.1, 0.15) is 29.6 Å². The molecule has 5 nitrogen and oxygen atoms in total. The van der Waals surface area contributed by atoms with Crippen molar-refractivity contribution in [1.29, 1.82) is 0 Å². The molecule has 0 radical (unpaired) electrons. The third-order valence-electron chi connectivity index (χ3n) is 4.12. The first-order valence-corrected chi connectivity index (χ1v) is 6.93. The molecule has 3 rings (SSSR count). The van der Waals surface area contributed by atoms with Gasteiger partial charge in [-0.05, 0) is 36.8 Å². The summed E-state index contributed by atoms with van der Waals surface area (Å²) in [4.78, 5) is 12.2. The van der Waals surface area contributed by atoms with Crippen LogP contribution in [-0.2, 0) is 4.74 Å². The molecular weight excluding hydrogens is 254 g/mol. The Morgan fingerprint density at radius 1 is 1.50 bits per heavy atom. The fourth-order valence-corrected chi connectivity index (χ4v) is 2.46. The van der Waals surface area contributed by atoms with Crippen LogP contribution in [0, 0.1) is 5.41 Å². The fraction of sp³-hybridized carbons (Fsp3) is 0.467. The van der Waals surface area contributed by atoms with E-state index in [0.29, 0.717) is 5.56 Å². The van der Waals surface area contributed by atoms with Crippen LogP contribution >= 0.6 is 0 Å². The summed E-state index contributed by atoms with van der Waals surface area (Å²) in [5.41, 5.74) is 1.83. The van der Waals surface area contributed by atoms with Crippen molar-refractivity contribution >= 4 is 16.8 Å². The first kappa shape index (κ1) is 13.1. The lowest BCUT2D eigenvalue weighted by Gasteiger charge is -2.15. The minimum absolute atomic E-state index is 0.0230. The molecule has 1 aromatic carbocycles. The van der Waals surface area contributed by atoms with Crippen molar-refractivity contribution in [2.24, 2.45) is 5.41 Å². The average molecular weight is 273 g/mol. The molecule has 0 spiro atoms. The Balaban J connectivity index is 1.61. The third-order valence-corrected chi connectivity index (χ3v) is 4.12. The average Bonchev–Trinajstić information content (AvgIpc) is 3.09. The normalized spacial score (nSPS) is 16.2. The van der Waals surface area contributed by atoms with Crippen LogP contribution < -0.4 is 5.32 Å². The molecule has 1 saturated carbocycles. The molecule has 1 aliphatic carbocycles. The molecule has 20 heavy (non-hydrogen) atoms. The van der Waals surface area contributed by atoms with Gasteiger partial charge < -0.3 is 10.1 Å². The summed E-state index contributed by atoms with van der Waals surface area (Å²) in [6.45, 7) is 1.49. The Hall–Kier alpha value is -1.88. The summed E-state index contributed by atoms with van der Waals surface area (Å²) in [5, 5.41) is 10.9. The van der Waals surface area contributed by atoms with Crippen molar-refractivity contribution < 1.29 is 9.53 Å². The highest BCUT2D eigenvalue weighted by Gasteiger charge is 2.42. The van der Waals surface area contributed by atoms with E-state index < -0.39 is 0 Å². The molecule has 106 valence electrons. The second-order valence-corrected chi connectivity index (χ2v) is 5.60. The number of methoxy groups -OCH3 is 1. The SMILES string of the molecule is COCCC1(CNC(=O)c2ccc3cn[nH]c3c2)CC1. The molecular formula is C15H19N3O2. The topological polar surface area (TPSA) is 67.0 Å². The summed E-state index contributed by atoms with van der Waals surface area (Å²) in [6, 6.07) is 5.58. The highest BCUT2D eigenvalue weighted by molar-refractivity contribution is 5.97. The molecule has 2 N–H and O–H groups in total. The van der Waals surface area contributed by atoms with Gasteiger partial charge in [-0.1, -0.05) is 6.07 Å². The van der Waals surface area contributed by atoms with E-state index in [4.69, 9.17) is 4.74 Å². The van der Waals surface area contributed by atoms with Crippen molar-refractivity contribution in [2.75, 3.05) is 20.3 Å². The number of nitrogens with zero attached hydrogens (tertiary/aromatic N) is 1. The van der Waals surface area contributed by atoms with Crippen LogP contribution in [0.25, 0.3) is 10.9 Å². The van der Waals surface area contributed by atoms with Gasteiger partial charge in [-0.15, -0.1) is 0 Å². The maximum atomic E-state index is 12.2. The van der Waals surface area contributed by atoms with E-state index in [1.165, 1.54) is 12.8 Å². The summed E-state index contributed by atoms with van der Waals surface area (Å²) in [7, 11) is 1.72. The zero-order valence-corrected chi connectivity index (χ0v) is 11.6. The number of amides is 1. The van der Waals surface area contributed by atoms with Gasteiger partial charge in [-0.25, -0.2) is 0 Å². The highest BCUT2D eigenvalue weighted by atomic mass is 16.5. The largest absolute Gasteiger partial charge is 0.385 e. The van der Waals surface area contributed by atoms with Gasteiger partial charge >= 0.3 is 0 Å². The molecule has 1 heterocycles. The van der Waals surface area contributed by atoms with Crippen LogP contribution in [0.3, 0.4) is 0 Å². The number of rotatable bonds is 6. The molecule has 0 atom stereocenters.